The van der Waals surface area contributed by atoms with E-state index in [1.54, 1.807) is 24.3 Å². The summed E-state index contributed by atoms with van der Waals surface area (Å²) in [5, 5.41) is 21.2. The number of rotatable bonds is 8. The summed E-state index contributed by atoms with van der Waals surface area (Å²) in [6.45, 7) is 0.119. The largest absolute Gasteiger partial charge is 0.491 e. The van der Waals surface area contributed by atoms with Gasteiger partial charge in [0.05, 0.1) is 6.04 Å². The van der Waals surface area contributed by atoms with Crippen LogP contribution in [0.25, 0.3) is 0 Å². The Balaban J connectivity index is 0.00000320. The van der Waals surface area contributed by atoms with Gasteiger partial charge in [0.1, 0.15) is 18.2 Å². The van der Waals surface area contributed by atoms with E-state index in [1.165, 1.54) is 12.1 Å². The van der Waals surface area contributed by atoms with Crippen LogP contribution in [0.15, 0.2) is 78.9 Å². The second-order valence-corrected chi connectivity index (χ2v) is 6.59. The quantitative estimate of drug-likeness (QED) is 0.481. The lowest BCUT2D eigenvalue weighted by Crippen LogP contribution is -2.40. The smallest absolute Gasteiger partial charge is 0.491 e. The zero-order chi connectivity index (χ0) is 20.6. The first-order valence-electron chi connectivity index (χ1n) is 9.21. The van der Waals surface area contributed by atoms with Crippen molar-refractivity contribution >= 4 is 32.0 Å². The third-order valence-electron chi connectivity index (χ3n) is 4.40. The predicted molar refractivity (Wildman–Crippen MR) is 120 cm³/mol. The molecule has 3 N–H and O–H groups in total. The molecular weight excluding hydrogens is 404 g/mol. The first-order valence-corrected chi connectivity index (χ1v) is 9.21. The van der Waals surface area contributed by atoms with Gasteiger partial charge in [-0.1, -0.05) is 54.6 Å². The summed E-state index contributed by atoms with van der Waals surface area (Å²) in [5.74, 6) is -0.760. The average Bonchev–Trinajstić information content (AvgIpc) is 2.73. The number of benzene rings is 3. The van der Waals surface area contributed by atoms with Crippen LogP contribution in [0, 0.1) is 5.82 Å². The first kappa shape index (κ1) is 23.5. The number of hydrogen-bond donors (Lipinski definition) is 3. The molecule has 0 saturated carbocycles. The maximum atomic E-state index is 13.9. The minimum Gasteiger partial charge on any atom is -0.491 e. The number of nitrogens with one attached hydrogen (secondary N) is 1. The molecule has 3 aromatic carbocycles. The van der Waals surface area contributed by atoms with Crippen molar-refractivity contribution in [3.63, 3.8) is 0 Å². The van der Waals surface area contributed by atoms with Gasteiger partial charge in [-0.05, 0) is 30.2 Å². The van der Waals surface area contributed by atoms with Gasteiger partial charge < -0.3 is 20.1 Å². The molecule has 0 unspecified atom stereocenters. The van der Waals surface area contributed by atoms with Crippen LogP contribution in [0.5, 0.6) is 5.75 Å². The van der Waals surface area contributed by atoms with E-state index in [4.69, 9.17) is 14.8 Å². The van der Waals surface area contributed by atoms with Gasteiger partial charge in [0.15, 0.2) is 0 Å². The Bertz CT molecular complexity index is 944. The van der Waals surface area contributed by atoms with E-state index < -0.39 is 12.9 Å². The van der Waals surface area contributed by atoms with E-state index in [0.717, 1.165) is 11.6 Å². The van der Waals surface area contributed by atoms with Gasteiger partial charge in [-0.15, -0.1) is 0 Å². The van der Waals surface area contributed by atoms with Crippen LogP contribution >= 0.6 is 13.5 Å². The Morgan fingerprint density at radius 3 is 2.23 bits per heavy atom. The molecule has 1 atom stereocenters. The van der Waals surface area contributed by atoms with Crippen LogP contribution in [-0.2, 0) is 6.42 Å². The molecule has 0 bridgehead atoms. The number of carbonyl (C=O) groups is 1. The Labute approximate surface area is 182 Å². The summed E-state index contributed by atoms with van der Waals surface area (Å²) in [7, 11) is -1.89. The van der Waals surface area contributed by atoms with Gasteiger partial charge in [-0.3, -0.25) is 4.79 Å². The van der Waals surface area contributed by atoms with Crippen LogP contribution in [-0.4, -0.2) is 35.7 Å². The summed E-state index contributed by atoms with van der Waals surface area (Å²) < 4.78 is 19.6. The molecule has 3 aromatic rings. The first-order chi connectivity index (χ1) is 14.0. The fourth-order valence-corrected chi connectivity index (χ4v) is 2.91. The van der Waals surface area contributed by atoms with Crippen molar-refractivity contribution in [3.05, 3.63) is 95.8 Å². The summed E-state index contributed by atoms with van der Waals surface area (Å²) in [6.07, 6.45) is 0.537. The molecule has 0 fully saturated rings. The third kappa shape index (κ3) is 6.62. The third-order valence-corrected chi connectivity index (χ3v) is 4.40. The monoisotopic (exact) mass is 427 g/mol. The number of halogens is 1. The molecule has 0 aromatic heterocycles. The molecule has 0 spiro atoms. The summed E-state index contributed by atoms with van der Waals surface area (Å²) in [6, 6.07) is 22.0. The SMILES string of the molecule is O=C(N[C@H](COc1ccc(B(O)O)c(F)c1)Cc1ccccc1)c1ccccc1.S. The van der Waals surface area contributed by atoms with Gasteiger partial charge >= 0.3 is 7.12 Å². The molecule has 1 amide bonds. The lowest BCUT2D eigenvalue weighted by molar-refractivity contribution is 0.0921. The average molecular weight is 427 g/mol. The minimum atomic E-state index is -1.89. The summed E-state index contributed by atoms with van der Waals surface area (Å²) in [4.78, 5) is 12.5. The van der Waals surface area contributed by atoms with Crippen LogP contribution in [0.4, 0.5) is 4.39 Å². The highest BCUT2D eigenvalue weighted by Gasteiger charge is 2.18. The summed E-state index contributed by atoms with van der Waals surface area (Å²) in [5.41, 5.74) is 1.34. The zero-order valence-electron chi connectivity index (χ0n) is 16.2. The number of hydrogen-bond acceptors (Lipinski definition) is 4. The molecule has 30 heavy (non-hydrogen) atoms. The van der Waals surface area contributed by atoms with Crippen molar-refractivity contribution in [1.29, 1.82) is 0 Å². The van der Waals surface area contributed by atoms with E-state index >= 15 is 0 Å². The molecule has 3 rings (SSSR count). The van der Waals surface area contributed by atoms with Gasteiger partial charge in [0.2, 0.25) is 0 Å². The molecule has 156 valence electrons. The number of amides is 1. The van der Waals surface area contributed by atoms with Crippen molar-refractivity contribution in [3.8, 4) is 5.75 Å². The van der Waals surface area contributed by atoms with Gasteiger partial charge in [0.25, 0.3) is 5.91 Å². The highest BCUT2D eigenvalue weighted by atomic mass is 32.1. The second kappa shape index (κ2) is 11.4. The van der Waals surface area contributed by atoms with Crippen molar-refractivity contribution in [2.75, 3.05) is 6.61 Å². The van der Waals surface area contributed by atoms with Gasteiger partial charge in [-0.25, -0.2) is 4.39 Å². The molecule has 8 heteroatoms. The normalized spacial score (nSPS) is 11.2. The fourth-order valence-electron chi connectivity index (χ4n) is 2.91. The number of ether oxygens (including phenoxy) is 1. The zero-order valence-corrected chi connectivity index (χ0v) is 17.2. The van der Waals surface area contributed by atoms with E-state index in [2.05, 4.69) is 5.32 Å². The molecule has 0 aliphatic carbocycles. The van der Waals surface area contributed by atoms with Crippen LogP contribution < -0.4 is 15.5 Å². The molecule has 0 aliphatic heterocycles. The van der Waals surface area contributed by atoms with E-state index in [0.29, 0.717) is 12.0 Å². The Kier molecular flexibility index (Phi) is 8.92. The predicted octanol–water partition coefficient (Wildman–Crippen LogP) is 2.04. The van der Waals surface area contributed by atoms with Crippen molar-refractivity contribution in [1.82, 2.24) is 5.32 Å². The Morgan fingerprint density at radius 1 is 1.00 bits per heavy atom. The Morgan fingerprint density at radius 2 is 1.63 bits per heavy atom. The summed E-state index contributed by atoms with van der Waals surface area (Å²) >= 11 is 0. The highest BCUT2D eigenvalue weighted by molar-refractivity contribution is 7.59. The highest BCUT2D eigenvalue weighted by Crippen LogP contribution is 2.13. The van der Waals surface area contributed by atoms with Crippen LogP contribution in [0.3, 0.4) is 0 Å². The number of carbonyl (C=O) groups excluding carboxylic acids is 1. The minimum absolute atomic E-state index is 0. The Hall–Kier alpha value is -2.81. The van der Waals surface area contributed by atoms with Gasteiger partial charge in [-0.2, -0.15) is 13.5 Å². The molecule has 5 nitrogen and oxygen atoms in total. The molecule has 0 saturated heterocycles. The topological polar surface area (TPSA) is 78.8 Å². The second-order valence-electron chi connectivity index (χ2n) is 6.59. The van der Waals surface area contributed by atoms with Crippen molar-refractivity contribution in [2.24, 2.45) is 0 Å². The molecular formula is C22H23BFNO4S. The van der Waals surface area contributed by atoms with Crippen LogP contribution in [0.2, 0.25) is 0 Å². The van der Waals surface area contributed by atoms with E-state index in [-0.39, 0.29) is 43.3 Å². The molecule has 0 heterocycles. The van der Waals surface area contributed by atoms with Crippen LogP contribution in [0.1, 0.15) is 15.9 Å². The fraction of sp³-hybridized carbons (Fsp3) is 0.136. The lowest BCUT2D eigenvalue weighted by Gasteiger charge is -2.20. The maximum absolute atomic E-state index is 13.9. The van der Waals surface area contributed by atoms with Crippen molar-refractivity contribution in [2.45, 2.75) is 12.5 Å². The standard InChI is InChI=1S/C22H21BFNO4.H2S/c24-21-14-19(11-12-20(21)23(27)28)29-15-18(13-16-7-3-1-4-8-16)25-22(26)17-9-5-2-6-10-17;/h1-12,14,18,27-28H,13,15H2,(H,25,26);1H2/t18-;/m0./s1. The van der Waals surface area contributed by atoms with Crippen molar-refractivity contribution < 1.29 is 24.0 Å². The molecule has 0 aliphatic rings. The van der Waals surface area contributed by atoms with E-state index in [9.17, 15) is 9.18 Å². The maximum Gasteiger partial charge on any atom is 0.491 e. The molecule has 0 radical (unpaired) electrons. The van der Waals surface area contributed by atoms with Gasteiger partial charge in [0, 0.05) is 17.1 Å². The van der Waals surface area contributed by atoms with E-state index in [1.807, 2.05) is 36.4 Å². The lowest BCUT2D eigenvalue weighted by atomic mass is 9.80.